The number of piperidine rings is 1. The molecule has 2 heterocycles. The van der Waals surface area contributed by atoms with E-state index in [1.54, 1.807) is 4.90 Å². The van der Waals surface area contributed by atoms with Crippen LogP contribution in [0.2, 0.25) is 0 Å². The van der Waals surface area contributed by atoms with Crippen molar-refractivity contribution in [2.45, 2.75) is 39.2 Å². The van der Waals surface area contributed by atoms with Crippen LogP contribution in [0.25, 0.3) is 0 Å². The number of urea groups is 2. The Bertz CT molecular complexity index is 461. The van der Waals surface area contributed by atoms with Gasteiger partial charge in [-0.15, -0.1) is 0 Å². The van der Waals surface area contributed by atoms with Crippen LogP contribution in [0.1, 0.15) is 33.6 Å². The minimum absolute atomic E-state index is 0.0325. The molecule has 2 fully saturated rings. The van der Waals surface area contributed by atoms with Crippen molar-refractivity contribution in [1.82, 2.24) is 20.4 Å². The summed E-state index contributed by atoms with van der Waals surface area (Å²) in [7, 11) is 1.48. The van der Waals surface area contributed by atoms with E-state index >= 15 is 0 Å². The summed E-state index contributed by atoms with van der Waals surface area (Å²) in [6.07, 6.45) is 0.926. The fraction of sp³-hybridized carbons (Fsp3) is 0.786. The van der Waals surface area contributed by atoms with Gasteiger partial charge < -0.3 is 15.5 Å². The van der Waals surface area contributed by atoms with Gasteiger partial charge in [-0.25, -0.2) is 9.59 Å². The molecular weight excluding hydrogens is 272 g/mol. The number of hydrogen-bond acceptors (Lipinski definition) is 3. The van der Waals surface area contributed by atoms with Gasteiger partial charge in [0, 0.05) is 26.7 Å². The molecule has 0 atom stereocenters. The number of hydrogen-bond donors (Lipinski definition) is 2. The van der Waals surface area contributed by atoms with Crippen LogP contribution in [-0.4, -0.2) is 60.0 Å². The van der Waals surface area contributed by atoms with Crippen molar-refractivity contribution < 1.29 is 14.4 Å². The Labute approximate surface area is 125 Å². The molecule has 0 unspecified atom stereocenters. The van der Waals surface area contributed by atoms with Crippen molar-refractivity contribution >= 4 is 18.0 Å². The van der Waals surface area contributed by atoms with E-state index in [0.717, 1.165) is 4.90 Å². The van der Waals surface area contributed by atoms with Crippen LogP contribution in [0.4, 0.5) is 9.59 Å². The Hall–Kier alpha value is -1.79. The molecule has 7 heteroatoms. The lowest BCUT2D eigenvalue weighted by molar-refractivity contribution is -0.131. The van der Waals surface area contributed by atoms with Crippen molar-refractivity contribution in [2.75, 3.05) is 26.7 Å². The van der Waals surface area contributed by atoms with Crippen LogP contribution in [0.5, 0.6) is 0 Å². The van der Waals surface area contributed by atoms with Crippen LogP contribution < -0.4 is 10.6 Å². The average molecular weight is 296 g/mol. The van der Waals surface area contributed by atoms with Gasteiger partial charge in [0.1, 0.15) is 5.54 Å². The lowest BCUT2D eigenvalue weighted by atomic mass is 9.87. The third-order valence-electron chi connectivity index (χ3n) is 4.04. The van der Waals surface area contributed by atoms with Gasteiger partial charge in [0.25, 0.3) is 5.91 Å². The number of nitrogens with zero attached hydrogens (tertiary/aromatic N) is 2. The molecule has 0 saturated carbocycles. The van der Waals surface area contributed by atoms with Crippen LogP contribution in [0.15, 0.2) is 0 Å². The second-order valence-corrected chi connectivity index (χ2v) is 7.08. The highest BCUT2D eigenvalue weighted by Crippen LogP contribution is 2.28. The molecule has 2 saturated heterocycles. The minimum atomic E-state index is -0.813. The SMILES string of the molecule is CN1C(=O)NC2(CCN(C(=O)NCC(C)(C)C)CC2)C1=O. The fourth-order valence-electron chi connectivity index (χ4n) is 2.64. The van der Waals surface area contributed by atoms with Crippen molar-refractivity contribution in [1.29, 1.82) is 0 Å². The Morgan fingerprint density at radius 3 is 2.29 bits per heavy atom. The largest absolute Gasteiger partial charge is 0.337 e. The predicted octanol–water partition coefficient (Wildman–Crippen LogP) is 0.758. The highest BCUT2D eigenvalue weighted by Gasteiger charge is 2.51. The zero-order valence-electron chi connectivity index (χ0n) is 13.2. The number of likely N-dealkylation sites (tertiary alicyclic amines) is 1. The number of nitrogens with one attached hydrogen (secondary N) is 2. The second kappa shape index (κ2) is 5.20. The molecule has 0 aromatic heterocycles. The highest BCUT2D eigenvalue weighted by molar-refractivity contribution is 6.06. The van der Waals surface area contributed by atoms with E-state index in [1.165, 1.54) is 7.05 Å². The summed E-state index contributed by atoms with van der Waals surface area (Å²) in [6, 6.07) is -0.462. The molecular formula is C14H24N4O3. The molecule has 118 valence electrons. The van der Waals surface area contributed by atoms with E-state index in [1.807, 2.05) is 0 Å². The molecule has 5 amide bonds. The average Bonchev–Trinajstić information content (AvgIpc) is 2.61. The first-order valence-corrected chi connectivity index (χ1v) is 7.28. The van der Waals surface area contributed by atoms with Gasteiger partial charge in [0.2, 0.25) is 0 Å². The minimum Gasteiger partial charge on any atom is -0.337 e. The standard InChI is InChI=1S/C14H24N4O3/c1-13(2,3)9-15-11(20)18-7-5-14(6-8-18)10(19)17(4)12(21)16-14/h5-9H2,1-4H3,(H,15,20)(H,16,21). The summed E-state index contributed by atoms with van der Waals surface area (Å²) in [6.45, 7) is 7.71. The van der Waals surface area contributed by atoms with Crippen molar-refractivity contribution in [3.63, 3.8) is 0 Å². The number of imide groups is 1. The quantitative estimate of drug-likeness (QED) is 0.701. The molecule has 2 aliphatic rings. The molecule has 1 spiro atoms. The lowest BCUT2D eigenvalue weighted by Crippen LogP contribution is -2.57. The van der Waals surface area contributed by atoms with Gasteiger partial charge >= 0.3 is 12.1 Å². The number of rotatable bonds is 1. The third-order valence-corrected chi connectivity index (χ3v) is 4.04. The first kappa shape index (κ1) is 15.6. The van der Waals surface area contributed by atoms with Crippen LogP contribution >= 0.6 is 0 Å². The summed E-state index contributed by atoms with van der Waals surface area (Å²) >= 11 is 0. The van der Waals surface area contributed by atoms with Gasteiger partial charge in [-0.3, -0.25) is 9.69 Å². The van der Waals surface area contributed by atoms with E-state index in [0.29, 0.717) is 32.5 Å². The fourth-order valence-corrected chi connectivity index (χ4v) is 2.64. The molecule has 7 nitrogen and oxygen atoms in total. The van der Waals surface area contributed by atoms with E-state index in [9.17, 15) is 14.4 Å². The summed E-state index contributed by atoms with van der Waals surface area (Å²) in [5, 5.41) is 5.67. The maximum atomic E-state index is 12.1. The second-order valence-electron chi connectivity index (χ2n) is 7.08. The first-order valence-electron chi connectivity index (χ1n) is 7.28. The van der Waals surface area contributed by atoms with E-state index in [-0.39, 0.29) is 23.4 Å². The Morgan fingerprint density at radius 2 is 1.86 bits per heavy atom. The number of amides is 5. The zero-order valence-corrected chi connectivity index (χ0v) is 13.2. The Kier molecular flexibility index (Phi) is 3.86. The monoisotopic (exact) mass is 296 g/mol. The zero-order chi connectivity index (χ0) is 15.8. The summed E-state index contributed by atoms with van der Waals surface area (Å²) in [5.74, 6) is -0.192. The molecule has 0 radical (unpaired) electrons. The molecule has 2 aliphatic heterocycles. The predicted molar refractivity (Wildman–Crippen MR) is 77.7 cm³/mol. The third kappa shape index (κ3) is 3.11. The maximum absolute atomic E-state index is 12.1. The van der Waals surface area contributed by atoms with Gasteiger partial charge in [-0.2, -0.15) is 0 Å². The first-order chi connectivity index (χ1) is 9.65. The van der Waals surface area contributed by atoms with Gasteiger partial charge in [0.15, 0.2) is 0 Å². The molecule has 2 rings (SSSR count). The molecule has 0 aromatic carbocycles. The normalized spacial score (nSPS) is 21.7. The van der Waals surface area contributed by atoms with Crippen LogP contribution in [0, 0.1) is 5.41 Å². The molecule has 21 heavy (non-hydrogen) atoms. The number of likely N-dealkylation sites (N-methyl/N-ethyl adjacent to an activating group) is 1. The van der Waals surface area contributed by atoms with Crippen molar-refractivity contribution in [3.05, 3.63) is 0 Å². The summed E-state index contributed by atoms with van der Waals surface area (Å²) in [4.78, 5) is 38.7. The molecule has 0 bridgehead atoms. The van der Waals surface area contributed by atoms with E-state index in [2.05, 4.69) is 31.4 Å². The molecule has 0 aromatic rings. The molecule has 0 aliphatic carbocycles. The van der Waals surface area contributed by atoms with Crippen molar-refractivity contribution in [2.24, 2.45) is 5.41 Å². The van der Waals surface area contributed by atoms with Crippen molar-refractivity contribution in [3.8, 4) is 0 Å². The summed E-state index contributed by atoms with van der Waals surface area (Å²) in [5.41, 5.74) is -0.780. The highest BCUT2D eigenvalue weighted by atomic mass is 16.2. The number of carbonyl (C=O) groups excluding carboxylic acids is 3. The Balaban J connectivity index is 1.90. The lowest BCUT2D eigenvalue weighted by Gasteiger charge is -2.37. The van der Waals surface area contributed by atoms with Crippen LogP contribution in [0.3, 0.4) is 0 Å². The topological polar surface area (TPSA) is 81.8 Å². The smallest absolute Gasteiger partial charge is 0.324 e. The van der Waals surface area contributed by atoms with Crippen LogP contribution in [-0.2, 0) is 4.79 Å². The Morgan fingerprint density at radius 1 is 1.29 bits per heavy atom. The van der Waals surface area contributed by atoms with Gasteiger partial charge in [-0.05, 0) is 18.3 Å². The summed E-state index contributed by atoms with van der Waals surface area (Å²) < 4.78 is 0. The van der Waals surface area contributed by atoms with E-state index in [4.69, 9.17) is 0 Å². The van der Waals surface area contributed by atoms with Gasteiger partial charge in [0.05, 0.1) is 0 Å². The number of carbonyl (C=O) groups is 3. The van der Waals surface area contributed by atoms with Gasteiger partial charge in [-0.1, -0.05) is 20.8 Å². The maximum Gasteiger partial charge on any atom is 0.324 e. The van der Waals surface area contributed by atoms with E-state index < -0.39 is 5.54 Å². The molecule has 2 N–H and O–H groups in total.